The lowest BCUT2D eigenvalue weighted by atomic mass is 10.00. The van der Waals surface area contributed by atoms with Crippen molar-refractivity contribution in [1.29, 1.82) is 0 Å². The summed E-state index contributed by atoms with van der Waals surface area (Å²) in [7, 11) is 0. The third kappa shape index (κ3) is 1.18. The molecule has 0 aromatic carbocycles. The lowest BCUT2D eigenvalue weighted by molar-refractivity contribution is 0.105. The van der Waals surface area contributed by atoms with Crippen LogP contribution in [0, 0.1) is 0 Å². The fourth-order valence-corrected chi connectivity index (χ4v) is 1.60. The highest BCUT2D eigenvalue weighted by molar-refractivity contribution is 5.65. The van der Waals surface area contributed by atoms with Crippen LogP contribution in [0.3, 0.4) is 0 Å². The second kappa shape index (κ2) is 2.11. The van der Waals surface area contributed by atoms with Crippen molar-refractivity contribution in [2.45, 2.75) is 18.4 Å². The number of carbonyl (C=O) groups is 1. The standard InChI is InChI=1S/C7H11NO3/c9-6(10)8-3-1-2-7(4-8)5-11-7/h1-5H2,(H,9,10). The Labute approximate surface area is 64.7 Å². The van der Waals surface area contributed by atoms with Crippen LogP contribution in [-0.4, -0.2) is 41.4 Å². The molecular weight excluding hydrogens is 146 g/mol. The SMILES string of the molecule is O=C(O)N1CCCC2(CO2)C1. The molecule has 4 heteroatoms. The molecule has 0 saturated carbocycles. The van der Waals surface area contributed by atoms with Gasteiger partial charge >= 0.3 is 6.09 Å². The van der Waals surface area contributed by atoms with E-state index in [2.05, 4.69) is 0 Å². The number of rotatable bonds is 0. The fourth-order valence-electron chi connectivity index (χ4n) is 1.60. The largest absolute Gasteiger partial charge is 0.465 e. The first-order valence-corrected chi connectivity index (χ1v) is 3.84. The molecule has 0 bridgehead atoms. The van der Waals surface area contributed by atoms with Crippen LogP contribution in [0.4, 0.5) is 4.79 Å². The van der Waals surface area contributed by atoms with E-state index in [1.54, 1.807) is 0 Å². The van der Waals surface area contributed by atoms with Gasteiger partial charge < -0.3 is 14.7 Å². The summed E-state index contributed by atoms with van der Waals surface area (Å²) in [5.74, 6) is 0. The van der Waals surface area contributed by atoms with E-state index < -0.39 is 6.09 Å². The fraction of sp³-hybridized carbons (Fsp3) is 0.857. The molecule has 2 aliphatic heterocycles. The number of nitrogens with zero attached hydrogens (tertiary/aromatic N) is 1. The maximum atomic E-state index is 10.5. The molecule has 2 saturated heterocycles. The first kappa shape index (κ1) is 6.91. The van der Waals surface area contributed by atoms with E-state index in [1.165, 1.54) is 4.90 Å². The maximum absolute atomic E-state index is 10.5. The summed E-state index contributed by atoms with van der Waals surface area (Å²) in [6, 6.07) is 0. The van der Waals surface area contributed by atoms with Gasteiger partial charge in [-0.2, -0.15) is 0 Å². The maximum Gasteiger partial charge on any atom is 0.407 e. The van der Waals surface area contributed by atoms with Crippen molar-refractivity contribution >= 4 is 6.09 Å². The molecule has 0 aliphatic carbocycles. The van der Waals surface area contributed by atoms with E-state index in [1.807, 2.05) is 0 Å². The van der Waals surface area contributed by atoms with Crippen molar-refractivity contribution in [2.24, 2.45) is 0 Å². The molecule has 1 unspecified atom stereocenters. The van der Waals surface area contributed by atoms with Gasteiger partial charge in [-0.25, -0.2) is 4.79 Å². The number of amides is 1. The Bertz CT molecular complexity index is 188. The smallest absolute Gasteiger partial charge is 0.407 e. The van der Waals surface area contributed by atoms with Crippen LogP contribution in [0.15, 0.2) is 0 Å². The van der Waals surface area contributed by atoms with Crippen LogP contribution < -0.4 is 0 Å². The zero-order valence-electron chi connectivity index (χ0n) is 6.25. The lowest BCUT2D eigenvalue weighted by Crippen LogP contribution is -2.43. The molecule has 2 aliphatic rings. The summed E-state index contributed by atoms with van der Waals surface area (Å²) in [5.41, 5.74) is -0.0728. The third-order valence-electron chi connectivity index (χ3n) is 2.36. The van der Waals surface area contributed by atoms with Gasteiger partial charge in [-0.1, -0.05) is 0 Å². The van der Waals surface area contributed by atoms with Crippen molar-refractivity contribution in [1.82, 2.24) is 4.90 Å². The highest BCUT2D eigenvalue weighted by Crippen LogP contribution is 2.36. The van der Waals surface area contributed by atoms with E-state index in [0.29, 0.717) is 13.1 Å². The lowest BCUT2D eigenvalue weighted by Gasteiger charge is -2.28. The second-order valence-corrected chi connectivity index (χ2v) is 3.28. The normalized spacial score (nSPS) is 35.8. The molecule has 0 radical (unpaired) electrons. The average molecular weight is 157 g/mol. The van der Waals surface area contributed by atoms with E-state index in [4.69, 9.17) is 9.84 Å². The van der Waals surface area contributed by atoms with Crippen LogP contribution in [0.2, 0.25) is 0 Å². The van der Waals surface area contributed by atoms with Crippen LogP contribution in [0.1, 0.15) is 12.8 Å². The van der Waals surface area contributed by atoms with Gasteiger partial charge in [-0.15, -0.1) is 0 Å². The summed E-state index contributed by atoms with van der Waals surface area (Å²) in [4.78, 5) is 12.0. The summed E-state index contributed by atoms with van der Waals surface area (Å²) < 4.78 is 5.21. The van der Waals surface area contributed by atoms with Gasteiger partial charge in [0.15, 0.2) is 0 Å². The first-order chi connectivity index (χ1) is 5.22. The van der Waals surface area contributed by atoms with E-state index in [9.17, 15) is 4.79 Å². The molecule has 4 nitrogen and oxygen atoms in total. The number of carboxylic acid groups (broad SMARTS) is 1. The number of hydrogen-bond donors (Lipinski definition) is 1. The quantitative estimate of drug-likeness (QED) is 0.522. The Morgan fingerprint density at radius 1 is 1.64 bits per heavy atom. The number of piperidine rings is 1. The van der Waals surface area contributed by atoms with Gasteiger partial charge in [0.2, 0.25) is 0 Å². The predicted molar refractivity (Wildman–Crippen MR) is 37.5 cm³/mol. The Morgan fingerprint density at radius 2 is 2.36 bits per heavy atom. The van der Waals surface area contributed by atoms with Gasteiger partial charge in [0.05, 0.1) is 13.2 Å². The third-order valence-corrected chi connectivity index (χ3v) is 2.36. The van der Waals surface area contributed by atoms with Crippen molar-refractivity contribution in [3.8, 4) is 0 Å². The van der Waals surface area contributed by atoms with Gasteiger partial charge in [-0.3, -0.25) is 0 Å². The molecule has 1 N–H and O–H groups in total. The van der Waals surface area contributed by atoms with Crippen molar-refractivity contribution in [2.75, 3.05) is 19.7 Å². The molecule has 1 amide bonds. The summed E-state index contributed by atoms with van der Waals surface area (Å²) >= 11 is 0. The molecular formula is C7H11NO3. The Hall–Kier alpha value is -0.770. The topological polar surface area (TPSA) is 53.1 Å². The molecule has 2 fully saturated rings. The second-order valence-electron chi connectivity index (χ2n) is 3.28. The molecule has 62 valence electrons. The van der Waals surface area contributed by atoms with Gasteiger partial charge in [0.1, 0.15) is 5.60 Å². The Kier molecular flexibility index (Phi) is 1.32. The summed E-state index contributed by atoms with van der Waals surface area (Å²) in [5, 5.41) is 8.67. The molecule has 0 aromatic rings. The molecule has 2 heterocycles. The molecule has 11 heavy (non-hydrogen) atoms. The van der Waals surface area contributed by atoms with Gasteiger partial charge in [-0.05, 0) is 12.8 Å². The van der Waals surface area contributed by atoms with Crippen LogP contribution in [0.5, 0.6) is 0 Å². The monoisotopic (exact) mass is 157 g/mol. The van der Waals surface area contributed by atoms with Crippen LogP contribution in [0.25, 0.3) is 0 Å². The van der Waals surface area contributed by atoms with E-state index in [0.717, 1.165) is 19.4 Å². The van der Waals surface area contributed by atoms with Gasteiger partial charge in [0, 0.05) is 6.54 Å². The van der Waals surface area contributed by atoms with Crippen molar-refractivity contribution in [3.05, 3.63) is 0 Å². The molecule has 0 aromatic heterocycles. The molecule has 1 atom stereocenters. The number of likely N-dealkylation sites (tertiary alicyclic amines) is 1. The first-order valence-electron chi connectivity index (χ1n) is 3.84. The minimum Gasteiger partial charge on any atom is -0.465 e. The number of epoxide rings is 1. The predicted octanol–water partition coefficient (Wildman–Crippen LogP) is 0.529. The Morgan fingerprint density at radius 3 is 2.91 bits per heavy atom. The highest BCUT2D eigenvalue weighted by Gasteiger charge is 2.48. The minimum absolute atomic E-state index is 0.0728. The number of hydrogen-bond acceptors (Lipinski definition) is 2. The minimum atomic E-state index is -0.820. The van der Waals surface area contributed by atoms with Crippen LogP contribution >= 0.6 is 0 Å². The summed E-state index contributed by atoms with van der Waals surface area (Å²) in [6.45, 7) is 1.99. The number of ether oxygens (including phenoxy) is 1. The average Bonchev–Trinajstić information content (AvgIpc) is 2.69. The zero-order chi connectivity index (χ0) is 7.90. The van der Waals surface area contributed by atoms with Gasteiger partial charge in [0.25, 0.3) is 0 Å². The van der Waals surface area contributed by atoms with Crippen molar-refractivity contribution < 1.29 is 14.6 Å². The molecule has 1 spiro atoms. The summed E-state index contributed by atoms with van der Waals surface area (Å²) in [6.07, 6.45) is 1.14. The molecule has 2 rings (SSSR count). The van der Waals surface area contributed by atoms with Crippen LogP contribution in [-0.2, 0) is 4.74 Å². The highest BCUT2D eigenvalue weighted by atomic mass is 16.6. The van der Waals surface area contributed by atoms with E-state index in [-0.39, 0.29) is 5.60 Å². The zero-order valence-corrected chi connectivity index (χ0v) is 6.25. The van der Waals surface area contributed by atoms with Crippen molar-refractivity contribution in [3.63, 3.8) is 0 Å². The van der Waals surface area contributed by atoms with E-state index >= 15 is 0 Å². The Balaban J connectivity index is 1.98.